The van der Waals surface area contributed by atoms with Crippen molar-refractivity contribution in [3.8, 4) is 0 Å². The Balaban J connectivity index is 2.09. The third kappa shape index (κ3) is 2.65. The highest BCUT2D eigenvalue weighted by atomic mass is 16.5. The minimum absolute atomic E-state index is 0.0309. The number of rotatable bonds is 3. The lowest BCUT2D eigenvalue weighted by Crippen LogP contribution is -2.39. The maximum atomic E-state index is 11.9. The largest absolute Gasteiger partial charge is 0.478 e. The van der Waals surface area contributed by atoms with E-state index in [-0.39, 0.29) is 29.3 Å². The van der Waals surface area contributed by atoms with Gasteiger partial charge in [0.05, 0.1) is 17.7 Å². The molecule has 18 heavy (non-hydrogen) atoms. The molecule has 1 saturated heterocycles. The number of carboxylic acids is 1. The molecule has 0 aliphatic carbocycles. The first kappa shape index (κ1) is 12.5. The molecule has 2 unspecified atom stereocenters. The van der Waals surface area contributed by atoms with Crippen molar-refractivity contribution >= 4 is 11.9 Å². The van der Waals surface area contributed by atoms with Crippen molar-refractivity contribution < 1.29 is 19.4 Å². The molecule has 6 heteroatoms. The van der Waals surface area contributed by atoms with Crippen LogP contribution in [0.25, 0.3) is 0 Å². The molecule has 2 atom stereocenters. The maximum Gasteiger partial charge on any atom is 0.335 e. The van der Waals surface area contributed by atoms with Gasteiger partial charge in [-0.3, -0.25) is 9.78 Å². The summed E-state index contributed by atoms with van der Waals surface area (Å²) in [6, 6.07) is 2.56. The number of nitrogens with one attached hydrogen (secondary N) is 1. The first-order valence-electron chi connectivity index (χ1n) is 5.70. The summed E-state index contributed by atoms with van der Waals surface area (Å²) in [6.07, 6.45) is 2.04. The summed E-state index contributed by atoms with van der Waals surface area (Å²) in [5, 5.41) is 11.6. The number of carbonyl (C=O) groups excluding carboxylic acids is 1. The Kier molecular flexibility index (Phi) is 3.57. The fourth-order valence-electron chi connectivity index (χ4n) is 1.85. The van der Waals surface area contributed by atoms with E-state index in [0.717, 1.165) is 6.42 Å². The Morgan fingerprint density at radius 1 is 1.56 bits per heavy atom. The molecule has 0 saturated carbocycles. The molecule has 2 heterocycles. The summed E-state index contributed by atoms with van der Waals surface area (Å²) < 4.78 is 5.33. The molecule has 1 aliphatic heterocycles. The van der Waals surface area contributed by atoms with Gasteiger partial charge in [0.25, 0.3) is 5.91 Å². The second kappa shape index (κ2) is 5.14. The number of aromatic carboxylic acids is 1. The Morgan fingerprint density at radius 3 is 2.94 bits per heavy atom. The molecule has 6 nitrogen and oxygen atoms in total. The van der Waals surface area contributed by atoms with Crippen molar-refractivity contribution in [2.75, 3.05) is 6.61 Å². The molecular weight excluding hydrogens is 236 g/mol. The van der Waals surface area contributed by atoms with Crippen molar-refractivity contribution in [2.45, 2.75) is 25.5 Å². The molecule has 1 aromatic rings. The number of hydrogen-bond acceptors (Lipinski definition) is 4. The van der Waals surface area contributed by atoms with Gasteiger partial charge in [-0.05, 0) is 25.5 Å². The molecule has 2 N–H and O–H groups in total. The van der Waals surface area contributed by atoms with Gasteiger partial charge < -0.3 is 15.2 Å². The van der Waals surface area contributed by atoms with Crippen LogP contribution in [0, 0.1) is 0 Å². The maximum absolute atomic E-state index is 11.9. The zero-order valence-electron chi connectivity index (χ0n) is 9.92. The van der Waals surface area contributed by atoms with Crippen molar-refractivity contribution in [2.24, 2.45) is 0 Å². The van der Waals surface area contributed by atoms with Crippen LogP contribution in [-0.2, 0) is 4.74 Å². The van der Waals surface area contributed by atoms with Crippen LogP contribution in [0.15, 0.2) is 18.3 Å². The molecule has 1 fully saturated rings. The highest BCUT2D eigenvalue weighted by molar-refractivity contribution is 5.95. The average Bonchev–Trinajstić information content (AvgIpc) is 2.75. The van der Waals surface area contributed by atoms with Crippen LogP contribution in [0.1, 0.15) is 34.2 Å². The predicted octanol–water partition coefficient (Wildman–Crippen LogP) is 0.687. The van der Waals surface area contributed by atoms with Gasteiger partial charge in [0.2, 0.25) is 0 Å². The van der Waals surface area contributed by atoms with Crippen LogP contribution in [0.2, 0.25) is 0 Å². The molecule has 1 amide bonds. The zero-order valence-corrected chi connectivity index (χ0v) is 9.92. The van der Waals surface area contributed by atoms with E-state index < -0.39 is 5.97 Å². The third-order valence-electron chi connectivity index (χ3n) is 2.93. The SMILES string of the molecule is CC1OCCC1NC(=O)c1cc(C(=O)O)ccn1. The van der Waals surface area contributed by atoms with Crippen LogP contribution in [-0.4, -0.2) is 40.7 Å². The van der Waals surface area contributed by atoms with Crippen molar-refractivity contribution in [1.29, 1.82) is 0 Å². The van der Waals surface area contributed by atoms with E-state index in [9.17, 15) is 9.59 Å². The molecule has 0 spiro atoms. The molecule has 2 rings (SSSR count). The lowest BCUT2D eigenvalue weighted by molar-refractivity contribution is 0.0696. The van der Waals surface area contributed by atoms with Crippen LogP contribution in [0.4, 0.5) is 0 Å². The number of amides is 1. The monoisotopic (exact) mass is 250 g/mol. The van der Waals surface area contributed by atoms with Crippen LogP contribution in [0.5, 0.6) is 0 Å². The molecule has 1 aromatic heterocycles. The van der Waals surface area contributed by atoms with Crippen LogP contribution < -0.4 is 5.32 Å². The Bertz CT molecular complexity index is 475. The van der Waals surface area contributed by atoms with E-state index in [1.165, 1.54) is 18.3 Å². The Labute approximate surface area is 104 Å². The smallest absolute Gasteiger partial charge is 0.335 e. The van der Waals surface area contributed by atoms with Crippen molar-refractivity contribution in [3.05, 3.63) is 29.6 Å². The highest BCUT2D eigenvalue weighted by Gasteiger charge is 2.26. The molecule has 0 bridgehead atoms. The Morgan fingerprint density at radius 2 is 2.33 bits per heavy atom. The molecule has 96 valence electrons. The lowest BCUT2D eigenvalue weighted by atomic mass is 10.1. The van der Waals surface area contributed by atoms with E-state index in [4.69, 9.17) is 9.84 Å². The van der Waals surface area contributed by atoms with E-state index >= 15 is 0 Å². The fourth-order valence-corrected chi connectivity index (χ4v) is 1.85. The summed E-state index contributed by atoms with van der Waals surface area (Å²) >= 11 is 0. The third-order valence-corrected chi connectivity index (χ3v) is 2.93. The molecule has 1 aliphatic rings. The van der Waals surface area contributed by atoms with Gasteiger partial charge >= 0.3 is 5.97 Å². The topological polar surface area (TPSA) is 88.5 Å². The second-order valence-corrected chi connectivity index (χ2v) is 4.18. The van der Waals surface area contributed by atoms with Crippen LogP contribution in [0.3, 0.4) is 0 Å². The fraction of sp³-hybridized carbons (Fsp3) is 0.417. The van der Waals surface area contributed by atoms with Crippen molar-refractivity contribution in [1.82, 2.24) is 10.3 Å². The summed E-state index contributed by atoms with van der Waals surface area (Å²) in [4.78, 5) is 26.6. The normalized spacial score (nSPS) is 22.7. The van der Waals surface area contributed by atoms with E-state index in [2.05, 4.69) is 10.3 Å². The van der Waals surface area contributed by atoms with Gasteiger partial charge in [0.1, 0.15) is 5.69 Å². The van der Waals surface area contributed by atoms with E-state index in [0.29, 0.717) is 6.61 Å². The zero-order chi connectivity index (χ0) is 13.1. The van der Waals surface area contributed by atoms with E-state index in [1.807, 2.05) is 6.92 Å². The number of pyridine rings is 1. The van der Waals surface area contributed by atoms with Gasteiger partial charge in [-0.25, -0.2) is 4.79 Å². The van der Waals surface area contributed by atoms with Gasteiger partial charge in [0.15, 0.2) is 0 Å². The highest BCUT2D eigenvalue weighted by Crippen LogP contribution is 2.13. The summed E-state index contributed by atoms with van der Waals surface area (Å²) in [6.45, 7) is 2.51. The first-order valence-corrected chi connectivity index (χ1v) is 5.70. The number of carboxylic acid groups (broad SMARTS) is 1. The minimum atomic E-state index is -1.08. The number of carbonyl (C=O) groups is 2. The minimum Gasteiger partial charge on any atom is -0.478 e. The average molecular weight is 250 g/mol. The molecular formula is C12H14N2O4. The lowest BCUT2D eigenvalue weighted by Gasteiger charge is -2.15. The summed E-state index contributed by atoms with van der Waals surface area (Å²) in [5.41, 5.74) is 0.153. The quantitative estimate of drug-likeness (QED) is 0.823. The standard InChI is InChI=1S/C12H14N2O4/c1-7-9(3-5-18-7)14-11(15)10-6-8(12(16)17)2-4-13-10/h2,4,6-7,9H,3,5H2,1H3,(H,14,15)(H,16,17). The van der Waals surface area contributed by atoms with E-state index in [1.54, 1.807) is 0 Å². The molecule has 0 aromatic carbocycles. The first-order chi connectivity index (χ1) is 8.58. The second-order valence-electron chi connectivity index (χ2n) is 4.18. The number of ether oxygens (including phenoxy) is 1. The van der Waals surface area contributed by atoms with Crippen molar-refractivity contribution in [3.63, 3.8) is 0 Å². The summed E-state index contributed by atoms with van der Waals surface area (Å²) in [7, 11) is 0. The van der Waals surface area contributed by atoms with Crippen LogP contribution >= 0.6 is 0 Å². The Hall–Kier alpha value is -1.95. The van der Waals surface area contributed by atoms with Gasteiger partial charge in [-0.1, -0.05) is 0 Å². The number of hydrogen-bond donors (Lipinski definition) is 2. The van der Waals surface area contributed by atoms with Gasteiger partial charge in [-0.15, -0.1) is 0 Å². The number of nitrogens with zero attached hydrogens (tertiary/aromatic N) is 1. The molecule has 0 radical (unpaired) electrons. The van der Waals surface area contributed by atoms with Gasteiger partial charge in [-0.2, -0.15) is 0 Å². The summed E-state index contributed by atoms with van der Waals surface area (Å²) in [5.74, 6) is -1.45. The predicted molar refractivity (Wildman–Crippen MR) is 62.5 cm³/mol. The number of aromatic nitrogens is 1. The van der Waals surface area contributed by atoms with Gasteiger partial charge in [0, 0.05) is 12.8 Å².